The molecule has 10 aliphatic rings. The second-order valence-corrected chi connectivity index (χ2v) is 16.6. The van der Waals surface area contributed by atoms with E-state index in [1.807, 2.05) is 13.8 Å². The lowest BCUT2D eigenvalue weighted by molar-refractivity contribution is -0.571. The van der Waals surface area contributed by atoms with Gasteiger partial charge in [0.15, 0.2) is 23.8 Å². The molecular weight excluding hydrogens is 580 g/mol. The summed E-state index contributed by atoms with van der Waals surface area (Å²) in [4.78, 5) is 38.2. The minimum absolute atomic E-state index is 0.138. The van der Waals surface area contributed by atoms with Crippen LogP contribution in [0.5, 0.6) is 0 Å². The first-order valence-electron chi connectivity index (χ1n) is 17.8. The quantitative estimate of drug-likeness (QED) is 0.187. The fourth-order valence-corrected chi connectivity index (χ4v) is 11.5. The molecule has 0 aromatic rings. The molecule has 8 aliphatic heterocycles. The third-order valence-corrected chi connectivity index (χ3v) is 14.1. The monoisotopic (exact) mass is 634 g/mol. The molecule has 2 aliphatic carbocycles. The van der Waals surface area contributed by atoms with Crippen LogP contribution in [0.25, 0.3) is 0 Å². The Morgan fingerprint density at radius 2 is 1.13 bits per heavy atom. The standard InChI is InChI=1S/C34H54N2O9/c1-17-7-9-24-19(3)26(38-29-33(24)22(17)11-13-31(5,40-29)42-44-33)15-21(28(37)36-35)16-27-20(4)25-10-8-18(2)23-12-14-32(6)41-30(39-27)34(23,25)45-43-32/h17-27,29-30H,7-16,35H2,1-6H3,(H,36,37)/t17-,18+,19-,20+,21?,22+,23-,24+,25-,26?,27?,29+,30-,31-,32+,33-,34+. The van der Waals surface area contributed by atoms with E-state index < -0.39 is 41.3 Å². The van der Waals surface area contributed by atoms with Crippen LogP contribution in [0.4, 0.5) is 0 Å². The van der Waals surface area contributed by atoms with Gasteiger partial charge in [-0.2, -0.15) is 0 Å². The number of ether oxygens (including phenoxy) is 4. The highest BCUT2D eigenvalue weighted by Gasteiger charge is 2.71. The van der Waals surface area contributed by atoms with Gasteiger partial charge >= 0.3 is 0 Å². The molecule has 1 amide bonds. The van der Waals surface area contributed by atoms with E-state index in [0.29, 0.717) is 36.5 Å². The van der Waals surface area contributed by atoms with Gasteiger partial charge in [-0.25, -0.2) is 25.4 Å². The zero-order chi connectivity index (χ0) is 31.5. The average molecular weight is 635 g/mol. The Bertz CT molecular complexity index is 1100. The molecule has 2 saturated carbocycles. The molecule has 3 N–H and O–H groups in total. The Kier molecular flexibility index (Phi) is 7.54. The van der Waals surface area contributed by atoms with E-state index in [1.54, 1.807) is 0 Å². The summed E-state index contributed by atoms with van der Waals surface area (Å²) >= 11 is 0. The zero-order valence-electron chi connectivity index (χ0n) is 27.8. The van der Waals surface area contributed by atoms with E-state index in [0.717, 1.165) is 51.4 Å². The van der Waals surface area contributed by atoms with E-state index in [1.165, 1.54) is 0 Å². The number of hydrazine groups is 1. The molecule has 0 aromatic carbocycles. The van der Waals surface area contributed by atoms with Gasteiger partial charge in [0, 0.05) is 30.6 Å². The Balaban J connectivity index is 1.05. The first-order valence-corrected chi connectivity index (χ1v) is 17.8. The number of rotatable bonds is 5. The molecule has 17 atom stereocenters. The summed E-state index contributed by atoms with van der Waals surface area (Å²) in [5.41, 5.74) is 1.20. The predicted octanol–water partition coefficient (Wildman–Crippen LogP) is 4.87. The molecule has 3 unspecified atom stereocenters. The molecule has 8 saturated heterocycles. The normalized spacial score (nSPS) is 57.2. The fourth-order valence-electron chi connectivity index (χ4n) is 11.5. The maximum Gasteiger partial charge on any atom is 0.237 e. The molecular formula is C34H54N2O9. The molecule has 2 spiro atoms. The van der Waals surface area contributed by atoms with Crippen molar-refractivity contribution < 1.29 is 43.3 Å². The Labute approximate surface area is 267 Å². The minimum Gasteiger partial charge on any atom is -0.346 e. The van der Waals surface area contributed by atoms with Gasteiger partial charge in [0.1, 0.15) is 0 Å². The summed E-state index contributed by atoms with van der Waals surface area (Å²) in [6.07, 6.45) is 7.32. The molecule has 0 radical (unpaired) electrons. The fraction of sp³-hybridized carbons (Fsp3) is 0.971. The maximum atomic E-state index is 13.5. The molecule has 254 valence electrons. The van der Waals surface area contributed by atoms with Crippen molar-refractivity contribution in [2.75, 3.05) is 0 Å². The highest BCUT2D eigenvalue weighted by molar-refractivity contribution is 5.78. The van der Waals surface area contributed by atoms with Crippen LogP contribution in [0.15, 0.2) is 0 Å². The summed E-state index contributed by atoms with van der Waals surface area (Å²) in [7, 11) is 0. The van der Waals surface area contributed by atoms with Crippen LogP contribution in [0.3, 0.4) is 0 Å². The van der Waals surface area contributed by atoms with Crippen molar-refractivity contribution in [1.82, 2.24) is 5.43 Å². The Hall–Kier alpha value is -0.890. The molecule has 11 nitrogen and oxygen atoms in total. The maximum absolute atomic E-state index is 13.5. The summed E-state index contributed by atoms with van der Waals surface area (Å²) in [5, 5.41) is 0. The number of nitrogens with two attached hydrogens (primary N) is 1. The van der Waals surface area contributed by atoms with Crippen LogP contribution in [-0.4, -0.2) is 53.5 Å². The number of carbonyl (C=O) groups excluding carboxylic acids is 1. The van der Waals surface area contributed by atoms with Gasteiger partial charge in [-0.15, -0.1) is 0 Å². The third-order valence-electron chi connectivity index (χ3n) is 14.1. The molecule has 45 heavy (non-hydrogen) atoms. The average Bonchev–Trinajstić information content (AvgIpc) is 3.39. The summed E-state index contributed by atoms with van der Waals surface area (Å²) in [5.74, 6) is 5.79. The van der Waals surface area contributed by atoms with Crippen LogP contribution >= 0.6 is 0 Å². The van der Waals surface area contributed by atoms with E-state index >= 15 is 0 Å². The first kappa shape index (κ1) is 31.4. The van der Waals surface area contributed by atoms with Gasteiger partial charge in [-0.3, -0.25) is 10.2 Å². The molecule has 0 aromatic heterocycles. The van der Waals surface area contributed by atoms with Crippen molar-refractivity contribution in [2.24, 2.45) is 59.1 Å². The number of amides is 1. The summed E-state index contributed by atoms with van der Waals surface area (Å²) in [6.45, 7) is 13.0. The zero-order valence-corrected chi connectivity index (χ0v) is 27.8. The lowest BCUT2D eigenvalue weighted by atomic mass is 9.56. The van der Waals surface area contributed by atoms with Gasteiger partial charge in [-0.05, 0) is 101 Å². The largest absolute Gasteiger partial charge is 0.346 e. The van der Waals surface area contributed by atoms with Crippen molar-refractivity contribution >= 4 is 5.91 Å². The van der Waals surface area contributed by atoms with Crippen LogP contribution in [0.2, 0.25) is 0 Å². The molecule has 8 heterocycles. The van der Waals surface area contributed by atoms with Gasteiger partial charge in [-0.1, -0.05) is 27.7 Å². The smallest absolute Gasteiger partial charge is 0.237 e. The third kappa shape index (κ3) is 4.51. The SMILES string of the molecule is C[C@@H]1CC[C@H]2[C@@H](C)C(CC(CC3O[C@@H]4O[C@]5(C)CC[C@@H]6[C@@H](C)CC[C@H]([C@@H]3C)[C@]46OO5)C(=O)NN)O[C@H]3O[C@@]4(C)CC[C@@H]1[C@]32OO4. The van der Waals surface area contributed by atoms with Crippen LogP contribution in [0.1, 0.15) is 106 Å². The van der Waals surface area contributed by atoms with E-state index in [9.17, 15) is 4.79 Å². The van der Waals surface area contributed by atoms with Crippen LogP contribution < -0.4 is 11.3 Å². The van der Waals surface area contributed by atoms with Crippen molar-refractivity contribution in [3.8, 4) is 0 Å². The van der Waals surface area contributed by atoms with Gasteiger partial charge < -0.3 is 18.9 Å². The number of nitrogens with one attached hydrogen (secondary N) is 1. The number of fused-ring (bicyclic) bond motifs is 4. The second-order valence-electron chi connectivity index (χ2n) is 16.6. The van der Waals surface area contributed by atoms with Crippen molar-refractivity contribution in [1.29, 1.82) is 0 Å². The van der Waals surface area contributed by atoms with Crippen LogP contribution in [0, 0.1) is 53.3 Å². The number of carbonyl (C=O) groups is 1. The lowest BCUT2D eigenvalue weighted by Crippen LogP contribution is -2.70. The molecule has 11 heteroatoms. The summed E-state index contributed by atoms with van der Waals surface area (Å²) in [6, 6.07) is 0. The second kappa shape index (κ2) is 10.8. The highest BCUT2D eigenvalue weighted by Crippen LogP contribution is 2.63. The van der Waals surface area contributed by atoms with E-state index in [-0.39, 0.29) is 41.8 Å². The Morgan fingerprint density at radius 1 is 0.689 bits per heavy atom. The van der Waals surface area contributed by atoms with Crippen LogP contribution in [-0.2, 0) is 43.3 Å². The molecule has 4 bridgehead atoms. The van der Waals surface area contributed by atoms with Crippen molar-refractivity contribution in [3.63, 3.8) is 0 Å². The minimum atomic E-state index is -0.839. The van der Waals surface area contributed by atoms with Crippen molar-refractivity contribution in [2.45, 2.75) is 153 Å². The topological polar surface area (TPSA) is 129 Å². The number of hydrogen-bond acceptors (Lipinski definition) is 10. The van der Waals surface area contributed by atoms with Gasteiger partial charge in [0.05, 0.1) is 12.2 Å². The first-order chi connectivity index (χ1) is 21.4. The van der Waals surface area contributed by atoms with Gasteiger partial charge in [0.2, 0.25) is 17.5 Å². The van der Waals surface area contributed by atoms with E-state index in [2.05, 4.69) is 33.1 Å². The van der Waals surface area contributed by atoms with E-state index in [4.69, 9.17) is 44.3 Å². The predicted molar refractivity (Wildman–Crippen MR) is 159 cm³/mol. The number of hydrogen-bond donors (Lipinski definition) is 2. The Morgan fingerprint density at radius 3 is 1.56 bits per heavy atom. The highest BCUT2D eigenvalue weighted by atomic mass is 17.3. The molecule has 10 rings (SSSR count). The lowest BCUT2D eigenvalue weighted by Gasteiger charge is -2.61. The molecule has 10 fully saturated rings. The van der Waals surface area contributed by atoms with Crippen molar-refractivity contribution in [3.05, 3.63) is 0 Å². The summed E-state index contributed by atoms with van der Waals surface area (Å²) < 4.78 is 26.9. The van der Waals surface area contributed by atoms with Gasteiger partial charge in [0.25, 0.3) is 0 Å².